The third kappa shape index (κ3) is 3.61. The van der Waals surface area contributed by atoms with E-state index >= 15 is 0 Å². The highest BCUT2D eigenvalue weighted by atomic mass is 19.3. The lowest BCUT2D eigenvalue weighted by atomic mass is 10.1. The number of ether oxygens (including phenoxy) is 1. The van der Waals surface area contributed by atoms with Gasteiger partial charge in [-0.2, -0.15) is 5.26 Å². The lowest BCUT2D eigenvalue weighted by molar-refractivity contribution is 0.0215. The Morgan fingerprint density at radius 2 is 2.32 bits per heavy atom. The smallest absolute Gasteiger partial charge is 0.261 e. The fraction of sp³-hybridized carbons (Fsp3) is 0.538. The van der Waals surface area contributed by atoms with Gasteiger partial charge in [-0.15, -0.1) is 0 Å². The summed E-state index contributed by atoms with van der Waals surface area (Å²) in [4.78, 5) is 4.42. The Morgan fingerprint density at radius 1 is 1.47 bits per heavy atom. The number of hydrogen-bond donors (Lipinski definition) is 1. The van der Waals surface area contributed by atoms with Gasteiger partial charge in [0.1, 0.15) is 18.5 Å². The number of fused-ring (bicyclic) bond motifs is 1. The van der Waals surface area contributed by atoms with E-state index in [9.17, 15) is 8.78 Å². The molecule has 0 spiro atoms. The molecule has 6 heteroatoms. The lowest BCUT2D eigenvalue weighted by Crippen LogP contribution is -2.14. The molecule has 2 rings (SSSR count). The Labute approximate surface area is 110 Å². The van der Waals surface area contributed by atoms with Crippen molar-refractivity contribution in [1.82, 2.24) is 4.98 Å². The number of halogens is 2. The van der Waals surface area contributed by atoms with E-state index in [0.29, 0.717) is 17.9 Å². The standard InChI is InChI=1S/C13H15F2N3O/c14-12(15)8-19-5-4-17-13-10(7-16)6-9-2-1-3-11(9)18-13/h6,12H,1-5,8H2,(H,17,18). The molecule has 102 valence electrons. The number of alkyl halides is 2. The summed E-state index contributed by atoms with van der Waals surface area (Å²) in [6.07, 6.45) is 0.508. The molecule has 0 saturated heterocycles. The lowest BCUT2D eigenvalue weighted by Gasteiger charge is -2.10. The third-order valence-electron chi connectivity index (χ3n) is 2.95. The van der Waals surface area contributed by atoms with Gasteiger partial charge in [-0.1, -0.05) is 0 Å². The highest BCUT2D eigenvalue weighted by Gasteiger charge is 2.16. The van der Waals surface area contributed by atoms with Crippen LogP contribution < -0.4 is 5.32 Å². The fourth-order valence-corrected chi connectivity index (χ4v) is 2.11. The number of aryl methyl sites for hydroxylation is 2. The molecule has 1 N–H and O–H groups in total. The molecule has 0 amide bonds. The molecule has 1 aliphatic carbocycles. The molecule has 0 radical (unpaired) electrons. The van der Waals surface area contributed by atoms with Gasteiger partial charge >= 0.3 is 0 Å². The Kier molecular flexibility index (Phi) is 4.63. The van der Waals surface area contributed by atoms with Gasteiger partial charge in [0.05, 0.1) is 12.2 Å². The summed E-state index contributed by atoms with van der Waals surface area (Å²) in [7, 11) is 0. The number of nitriles is 1. The van der Waals surface area contributed by atoms with Crippen LogP contribution in [0.1, 0.15) is 23.2 Å². The fourth-order valence-electron chi connectivity index (χ4n) is 2.11. The number of hydrogen-bond acceptors (Lipinski definition) is 4. The van der Waals surface area contributed by atoms with Crippen molar-refractivity contribution in [2.45, 2.75) is 25.7 Å². The van der Waals surface area contributed by atoms with Crippen molar-refractivity contribution >= 4 is 5.82 Å². The van der Waals surface area contributed by atoms with Crippen molar-refractivity contribution < 1.29 is 13.5 Å². The molecule has 1 aromatic rings. The topological polar surface area (TPSA) is 57.9 Å². The van der Waals surface area contributed by atoms with Crippen LogP contribution in [0.5, 0.6) is 0 Å². The number of anilines is 1. The van der Waals surface area contributed by atoms with Crippen molar-refractivity contribution in [3.8, 4) is 6.07 Å². The van der Waals surface area contributed by atoms with E-state index in [4.69, 9.17) is 10.00 Å². The first-order valence-corrected chi connectivity index (χ1v) is 6.23. The second-order valence-corrected chi connectivity index (χ2v) is 4.35. The van der Waals surface area contributed by atoms with Crippen LogP contribution in [-0.4, -0.2) is 31.2 Å². The molecule has 0 aromatic carbocycles. The van der Waals surface area contributed by atoms with Gasteiger partial charge in [0.2, 0.25) is 0 Å². The second kappa shape index (κ2) is 6.43. The van der Waals surface area contributed by atoms with Crippen molar-refractivity contribution in [3.05, 3.63) is 22.9 Å². The maximum atomic E-state index is 11.9. The molecule has 19 heavy (non-hydrogen) atoms. The second-order valence-electron chi connectivity index (χ2n) is 4.35. The van der Waals surface area contributed by atoms with Gasteiger partial charge in [-0.05, 0) is 30.9 Å². The Morgan fingerprint density at radius 3 is 3.05 bits per heavy atom. The van der Waals surface area contributed by atoms with E-state index in [1.54, 1.807) is 0 Å². The number of rotatable bonds is 6. The summed E-state index contributed by atoms with van der Waals surface area (Å²) in [6, 6.07) is 3.96. The first-order valence-electron chi connectivity index (χ1n) is 6.23. The number of nitrogens with one attached hydrogen (secondary N) is 1. The van der Waals surface area contributed by atoms with Gasteiger partial charge in [-0.25, -0.2) is 13.8 Å². The van der Waals surface area contributed by atoms with Crippen LogP contribution in [0.25, 0.3) is 0 Å². The minimum atomic E-state index is -2.45. The van der Waals surface area contributed by atoms with E-state index in [0.717, 1.165) is 30.5 Å². The van der Waals surface area contributed by atoms with E-state index in [2.05, 4.69) is 16.4 Å². The third-order valence-corrected chi connectivity index (χ3v) is 2.95. The van der Waals surface area contributed by atoms with Crippen LogP contribution in [0, 0.1) is 11.3 Å². The monoisotopic (exact) mass is 267 g/mol. The molecule has 1 heterocycles. The first kappa shape index (κ1) is 13.7. The number of nitrogens with zero attached hydrogens (tertiary/aromatic N) is 2. The molecule has 0 saturated carbocycles. The van der Waals surface area contributed by atoms with E-state index in [1.807, 2.05) is 6.07 Å². The molecule has 0 aliphatic heterocycles. The highest BCUT2D eigenvalue weighted by Crippen LogP contribution is 2.24. The predicted octanol–water partition coefficient (Wildman–Crippen LogP) is 2.14. The van der Waals surface area contributed by atoms with Crippen LogP contribution in [0.4, 0.5) is 14.6 Å². The van der Waals surface area contributed by atoms with Crippen LogP contribution >= 0.6 is 0 Å². The maximum absolute atomic E-state index is 11.9. The summed E-state index contributed by atoms with van der Waals surface area (Å²) in [5, 5.41) is 12.0. The summed E-state index contributed by atoms with van der Waals surface area (Å²) >= 11 is 0. The minimum Gasteiger partial charge on any atom is -0.374 e. The van der Waals surface area contributed by atoms with E-state index < -0.39 is 13.0 Å². The average molecular weight is 267 g/mol. The molecule has 0 unspecified atom stereocenters. The van der Waals surface area contributed by atoms with Crippen LogP contribution in [-0.2, 0) is 17.6 Å². The zero-order chi connectivity index (χ0) is 13.7. The minimum absolute atomic E-state index is 0.161. The Bertz CT molecular complexity index is 486. The van der Waals surface area contributed by atoms with E-state index in [-0.39, 0.29) is 6.61 Å². The van der Waals surface area contributed by atoms with Gasteiger partial charge < -0.3 is 10.1 Å². The number of pyridine rings is 1. The molecule has 0 bridgehead atoms. The summed E-state index contributed by atoms with van der Waals surface area (Å²) in [6.45, 7) is -0.0500. The van der Waals surface area contributed by atoms with Crippen molar-refractivity contribution in [2.24, 2.45) is 0 Å². The summed E-state index contributed by atoms with van der Waals surface area (Å²) in [5.74, 6) is 0.517. The highest BCUT2D eigenvalue weighted by molar-refractivity contribution is 5.55. The van der Waals surface area contributed by atoms with Crippen LogP contribution in [0.15, 0.2) is 6.07 Å². The Hall–Kier alpha value is -1.74. The predicted molar refractivity (Wildman–Crippen MR) is 66.3 cm³/mol. The van der Waals surface area contributed by atoms with Gasteiger partial charge in [0, 0.05) is 12.2 Å². The zero-order valence-electron chi connectivity index (χ0n) is 10.5. The van der Waals surface area contributed by atoms with Gasteiger partial charge in [0.15, 0.2) is 0 Å². The largest absolute Gasteiger partial charge is 0.374 e. The Balaban J connectivity index is 1.91. The quantitative estimate of drug-likeness (QED) is 0.802. The van der Waals surface area contributed by atoms with Crippen molar-refractivity contribution in [3.63, 3.8) is 0 Å². The molecular formula is C13H15F2N3O. The molecule has 4 nitrogen and oxygen atoms in total. The molecular weight excluding hydrogens is 252 g/mol. The molecule has 0 fully saturated rings. The summed E-state index contributed by atoms with van der Waals surface area (Å²) in [5.41, 5.74) is 2.65. The van der Waals surface area contributed by atoms with Crippen molar-refractivity contribution in [1.29, 1.82) is 5.26 Å². The zero-order valence-corrected chi connectivity index (χ0v) is 10.5. The summed E-state index contributed by atoms with van der Waals surface area (Å²) < 4.78 is 28.5. The van der Waals surface area contributed by atoms with Crippen LogP contribution in [0.3, 0.4) is 0 Å². The normalized spacial score (nSPS) is 13.4. The molecule has 1 aromatic heterocycles. The number of aromatic nitrogens is 1. The maximum Gasteiger partial charge on any atom is 0.261 e. The van der Waals surface area contributed by atoms with Gasteiger partial charge in [0.25, 0.3) is 6.43 Å². The SMILES string of the molecule is N#Cc1cc2c(nc1NCCOCC(F)F)CCC2. The average Bonchev–Trinajstić information content (AvgIpc) is 2.83. The van der Waals surface area contributed by atoms with Crippen molar-refractivity contribution in [2.75, 3.05) is 25.1 Å². The van der Waals surface area contributed by atoms with E-state index in [1.165, 1.54) is 0 Å². The van der Waals surface area contributed by atoms with Gasteiger partial charge in [-0.3, -0.25) is 0 Å². The van der Waals surface area contributed by atoms with Crippen LogP contribution in [0.2, 0.25) is 0 Å². The first-order chi connectivity index (χ1) is 9.20. The molecule has 0 atom stereocenters. The molecule has 1 aliphatic rings.